The number of anilines is 2. The van der Waals surface area contributed by atoms with Crippen LogP contribution in [0.4, 0.5) is 11.4 Å². The van der Waals surface area contributed by atoms with E-state index in [9.17, 15) is 4.79 Å². The zero-order chi connectivity index (χ0) is 19.6. The highest BCUT2D eigenvalue weighted by Crippen LogP contribution is 2.38. The Morgan fingerprint density at radius 2 is 2.07 bits per heavy atom. The van der Waals surface area contributed by atoms with Gasteiger partial charge in [-0.1, -0.05) is 23.2 Å². The molecule has 2 N–H and O–H groups in total. The van der Waals surface area contributed by atoms with Crippen LogP contribution in [0, 0.1) is 0 Å². The van der Waals surface area contributed by atoms with Crippen molar-refractivity contribution in [1.82, 2.24) is 0 Å². The molecule has 3 rings (SSSR count). The van der Waals surface area contributed by atoms with E-state index in [0.29, 0.717) is 28.1 Å². The van der Waals surface area contributed by atoms with Crippen molar-refractivity contribution in [1.29, 1.82) is 0 Å². The third kappa shape index (κ3) is 4.60. The zero-order valence-corrected chi connectivity index (χ0v) is 16.9. The number of carbonyl (C=O) groups is 1. The summed E-state index contributed by atoms with van der Waals surface area (Å²) in [5, 5.41) is 6.91. The van der Waals surface area contributed by atoms with Gasteiger partial charge in [0.15, 0.2) is 0 Å². The summed E-state index contributed by atoms with van der Waals surface area (Å²) in [7, 11) is 0. The van der Waals surface area contributed by atoms with Gasteiger partial charge in [-0.3, -0.25) is 4.79 Å². The fourth-order valence-electron chi connectivity index (χ4n) is 2.96. The number of benzene rings is 2. The Kier molecular flexibility index (Phi) is 6.02. The maximum Gasteiger partial charge on any atom is 0.246 e. The number of hydrogen-bond donors (Lipinski definition) is 2. The molecule has 2 atom stereocenters. The minimum atomic E-state index is -0.521. The summed E-state index contributed by atoms with van der Waals surface area (Å²) in [6.45, 7) is 6.25. The monoisotopic (exact) mass is 408 g/mol. The fourth-order valence-corrected chi connectivity index (χ4v) is 3.41. The van der Waals surface area contributed by atoms with Crippen molar-refractivity contribution < 1.29 is 14.3 Å². The lowest BCUT2D eigenvalue weighted by atomic mass is 10.1. The molecule has 0 bridgehead atoms. The third-order valence-electron chi connectivity index (χ3n) is 4.25. The summed E-state index contributed by atoms with van der Waals surface area (Å²) in [5.74, 6) is 1.30. The van der Waals surface area contributed by atoms with Gasteiger partial charge in [0.05, 0.1) is 23.0 Å². The van der Waals surface area contributed by atoms with Crippen molar-refractivity contribution in [3.05, 3.63) is 45.9 Å². The maximum absolute atomic E-state index is 12.6. The van der Waals surface area contributed by atoms with Gasteiger partial charge in [-0.2, -0.15) is 0 Å². The predicted molar refractivity (Wildman–Crippen MR) is 110 cm³/mol. The number of ether oxygens (including phenoxy) is 2. The minimum Gasteiger partial charge on any atom is -0.492 e. The number of fused-ring (bicyclic) bond motifs is 1. The van der Waals surface area contributed by atoms with Gasteiger partial charge < -0.3 is 20.1 Å². The van der Waals surface area contributed by atoms with E-state index in [1.54, 1.807) is 25.1 Å². The molecule has 0 fully saturated rings. The van der Waals surface area contributed by atoms with Crippen LogP contribution in [0.5, 0.6) is 11.5 Å². The summed E-state index contributed by atoms with van der Waals surface area (Å²) in [6.07, 6.45) is 0.985. The minimum absolute atomic E-state index is 0.137. The Morgan fingerprint density at radius 3 is 2.78 bits per heavy atom. The fraction of sp³-hybridized carbons (Fsp3) is 0.350. The molecular formula is C20H22Cl2N2O3. The summed E-state index contributed by atoms with van der Waals surface area (Å²) >= 11 is 12.0. The average molecular weight is 409 g/mol. The molecule has 0 unspecified atom stereocenters. The van der Waals surface area contributed by atoms with Crippen LogP contribution < -0.4 is 20.1 Å². The van der Waals surface area contributed by atoms with E-state index in [0.717, 1.165) is 23.4 Å². The molecule has 144 valence electrons. The summed E-state index contributed by atoms with van der Waals surface area (Å²) in [5.41, 5.74) is 2.34. The van der Waals surface area contributed by atoms with Crippen LogP contribution in [0.1, 0.15) is 26.3 Å². The molecule has 0 aromatic heterocycles. The molecule has 0 spiro atoms. The molecule has 0 radical (unpaired) electrons. The Morgan fingerprint density at radius 1 is 1.30 bits per heavy atom. The number of rotatable bonds is 6. The van der Waals surface area contributed by atoms with Crippen LogP contribution in [-0.2, 0) is 11.2 Å². The quantitative estimate of drug-likeness (QED) is 0.693. The first-order chi connectivity index (χ1) is 12.9. The smallest absolute Gasteiger partial charge is 0.246 e. The molecule has 5 nitrogen and oxygen atoms in total. The number of carbonyl (C=O) groups excluding carboxylic acids is 1. The topological polar surface area (TPSA) is 59.6 Å². The first-order valence-corrected chi connectivity index (χ1v) is 9.61. The van der Waals surface area contributed by atoms with Crippen molar-refractivity contribution in [2.45, 2.75) is 39.3 Å². The van der Waals surface area contributed by atoms with Gasteiger partial charge in [0.25, 0.3) is 0 Å². The van der Waals surface area contributed by atoms with Crippen LogP contribution in [0.25, 0.3) is 0 Å². The van der Waals surface area contributed by atoms with Crippen molar-refractivity contribution in [2.24, 2.45) is 0 Å². The molecule has 0 saturated heterocycles. The Labute approximate surface area is 168 Å². The third-order valence-corrected chi connectivity index (χ3v) is 4.80. The van der Waals surface area contributed by atoms with Gasteiger partial charge in [0.1, 0.15) is 23.6 Å². The highest BCUT2D eigenvalue weighted by molar-refractivity contribution is 6.36. The zero-order valence-electron chi connectivity index (χ0n) is 15.4. The lowest BCUT2D eigenvalue weighted by Crippen LogP contribution is -2.32. The highest BCUT2D eigenvalue weighted by Gasteiger charge is 2.23. The first-order valence-electron chi connectivity index (χ1n) is 8.86. The molecule has 1 aliphatic heterocycles. The molecule has 0 aliphatic carbocycles. The largest absolute Gasteiger partial charge is 0.492 e. The summed E-state index contributed by atoms with van der Waals surface area (Å²) < 4.78 is 11.6. The van der Waals surface area contributed by atoms with Crippen LogP contribution in [-0.4, -0.2) is 24.7 Å². The van der Waals surface area contributed by atoms with E-state index < -0.39 is 6.04 Å². The number of amides is 1. The normalized spacial score (nSPS) is 16.3. The van der Waals surface area contributed by atoms with E-state index in [1.165, 1.54) is 0 Å². The Hall–Kier alpha value is -2.11. The molecule has 1 heterocycles. The second-order valence-electron chi connectivity index (χ2n) is 6.50. The summed E-state index contributed by atoms with van der Waals surface area (Å²) in [6, 6.07) is 8.28. The van der Waals surface area contributed by atoms with Crippen molar-refractivity contribution in [3.8, 4) is 11.5 Å². The summed E-state index contributed by atoms with van der Waals surface area (Å²) in [4.78, 5) is 12.6. The molecule has 2 aromatic carbocycles. The molecular weight excluding hydrogens is 387 g/mol. The van der Waals surface area contributed by atoms with Crippen LogP contribution in [0.3, 0.4) is 0 Å². The molecule has 1 amide bonds. The van der Waals surface area contributed by atoms with E-state index in [2.05, 4.69) is 10.6 Å². The van der Waals surface area contributed by atoms with Crippen LogP contribution in [0.2, 0.25) is 10.0 Å². The van der Waals surface area contributed by atoms with Gasteiger partial charge in [0.2, 0.25) is 5.91 Å². The second-order valence-corrected chi connectivity index (χ2v) is 7.34. The molecule has 2 aromatic rings. The van der Waals surface area contributed by atoms with Gasteiger partial charge in [-0.05, 0) is 45.0 Å². The second kappa shape index (κ2) is 8.28. The van der Waals surface area contributed by atoms with Gasteiger partial charge >= 0.3 is 0 Å². The van der Waals surface area contributed by atoms with E-state index in [-0.39, 0.29) is 12.0 Å². The first kappa shape index (κ1) is 19.6. The molecule has 1 aliphatic rings. The van der Waals surface area contributed by atoms with E-state index >= 15 is 0 Å². The van der Waals surface area contributed by atoms with Gasteiger partial charge in [0, 0.05) is 23.1 Å². The molecule has 27 heavy (non-hydrogen) atoms. The SMILES string of the molecule is CCOc1cc2c(cc1N[C@H](C)C(=O)Nc1ccc(Cl)cc1Cl)O[C@@H](C)C2. The van der Waals surface area contributed by atoms with E-state index in [4.69, 9.17) is 32.7 Å². The number of halogens is 2. The molecule has 7 heteroatoms. The van der Waals surface area contributed by atoms with Crippen LogP contribution in [0.15, 0.2) is 30.3 Å². The highest BCUT2D eigenvalue weighted by atomic mass is 35.5. The van der Waals surface area contributed by atoms with Crippen molar-refractivity contribution in [2.75, 3.05) is 17.2 Å². The number of nitrogens with one attached hydrogen (secondary N) is 2. The van der Waals surface area contributed by atoms with Crippen molar-refractivity contribution >= 4 is 40.5 Å². The maximum atomic E-state index is 12.6. The predicted octanol–water partition coefficient (Wildman–Crippen LogP) is 5.15. The molecule has 0 saturated carbocycles. The average Bonchev–Trinajstić information content (AvgIpc) is 2.96. The standard InChI is InChI=1S/C20H22Cl2N2O3/c1-4-26-19-8-13-7-11(2)27-18(13)10-17(19)23-12(3)20(25)24-16-6-5-14(21)9-15(16)22/h5-6,8-12,23H,4,7H2,1-3H3,(H,24,25)/t11-,12+/m0/s1. The van der Waals surface area contributed by atoms with Gasteiger partial charge in [-0.25, -0.2) is 0 Å². The van der Waals surface area contributed by atoms with Crippen LogP contribution >= 0.6 is 23.2 Å². The van der Waals surface area contributed by atoms with Gasteiger partial charge in [-0.15, -0.1) is 0 Å². The number of hydrogen-bond acceptors (Lipinski definition) is 4. The lowest BCUT2D eigenvalue weighted by Gasteiger charge is -2.19. The van der Waals surface area contributed by atoms with E-state index in [1.807, 2.05) is 26.0 Å². The Balaban J connectivity index is 1.75. The van der Waals surface area contributed by atoms with Crippen molar-refractivity contribution in [3.63, 3.8) is 0 Å². The Bertz CT molecular complexity index is 857. The lowest BCUT2D eigenvalue weighted by molar-refractivity contribution is -0.116.